The number of nitrogens with one attached hydrogen (secondary N) is 2. The molecule has 0 aliphatic carbocycles. The van der Waals surface area contributed by atoms with E-state index in [0.717, 1.165) is 40.3 Å². The molecule has 1 aliphatic heterocycles. The SMILES string of the molecule is Cc1nn(C)c2sc(C(=O)NC3CCNCC3C)cc12.Cl. The van der Waals surface area contributed by atoms with Gasteiger partial charge in [-0.05, 0) is 38.4 Å². The van der Waals surface area contributed by atoms with Crippen LogP contribution in [0.2, 0.25) is 0 Å². The predicted octanol–water partition coefficient (Wildman–Crippen LogP) is 2.09. The summed E-state index contributed by atoms with van der Waals surface area (Å²) in [7, 11) is 1.92. The quantitative estimate of drug-likeness (QED) is 0.887. The summed E-state index contributed by atoms with van der Waals surface area (Å²) in [4.78, 5) is 14.2. The number of rotatable bonds is 2. The highest BCUT2D eigenvalue weighted by Gasteiger charge is 2.24. The average Bonchev–Trinajstić information content (AvgIpc) is 2.95. The van der Waals surface area contributed by atoms with Gasteiger partial charge in [0.1, 0.15) is 4.83 Å². The second kappa shape index (κ2) is 6.34. The van der Waals surface area contributed by atoms with Crippen molar-refractivity contribution in [1.29, 1.82) is 0 Å². The second-order valence-electron chi connectivity index (χ2n) is 5.59. The molecule has 116 valence electrons. The monoisotopic (exact) mass is 328 g/mol. The van der Waals surface area contributed by atoms with E-state index in [1.165, 1.54) is 11.3 Å². The van der Waals surface area contributed by atoms with E-state index in [-0.39, 0.29) is 24.4 Å². The van der Waals surface area contributed by atoms with Gasteiger partial charge < -0.3 is 10.6 Å². The molecular weight excluding hydrogens is 308 g/mol. The maximum atomic E-state index is 12.4. The Balaban J connectivity index is 0.00000161. The highest BCUT2D eigenvalue weighted by atomic mass is 35.5. The summed E-state index contributed by atoms with van der Waals surface area (Å²) in [5.74, 6) is 0.523. The number of piperidine rings is 1. The fourth-order valence-electron chi connectivity index (χ4n) is 2.79. The Hall–Kier alpha value is -1.11. The number of fused-ring (bicyclic) bond motifs is 1. The van der Waals surface area contributed by atoms with Crippen molar-refractivity contribution in [1.82, 2.24) is 20.4 Å². The molecule has 2 unspecified atom stereocenters. The van der Waals surface area contributed by atoms with E-state index in [9.17, 15) is 4.79 Å². The fourth-order valence-corrected chi connectivity index (χ4v) is 3.81. The van der Waals surface area contributed by atoms with Gasteiger partial charge in [0, 0.05) is 18.5 Å². The number of thiophene rings is 1. The molecule has 3 heterocycles. The van der Waals surface area contributed by atoms with Crippen molar-refractivity contribution in [2.24, 2.45) is 13.0 Å². The number of amides is 1. The number of halogens is 1. The minimum atomic E-state index is 0. The van der Waals surface area contributed by atoms with Crippen molar-refractivity contribution in [2.75, 3.05) is 13.1 Å². The summed E-state index contributed by atoms with van der Waals surface area (Å²) >= 11 is 1.52. The molecule has 21 heavy (non-hydrogen) atoms. The molecule has 7 heteroatoms. The van der Waals surface area contributed by atoms with Gasteiger partial charge in [0.2, 0.25) is 0 Å². The molecule has 2 N–H and O–H groups in total. The van der Waals surface area contributed by atoms with Crippen LogP contribution in [0.25, 0.3) is 10.2 Å². The zero-order valence-electron chi connectivity index (χ0n) is 12.5. The molecule has 0 spiro atoms. The maximum Gasteiger partial charge on any atom is 0.261 e. The van der Waals surface area contributed by atoms with Crippen LogP contribution in [0.4, 0.5) is 0 Å². The van der Waals surface area contributed by atoms with E-state index in [1.807, 2.05) is 24.7 Å². The number of aryl methyl sites for hydroxylation is 2. The molecule has 0 aromatic carbocycles. The van der Waals surface area contributed by atoms with E-state index in [4.69, 9.17) is 0 Å². The third-order valence-electron chi connectivity index (χ3n) is 4.02. The van der Waals surface area contributed by atoms with E-state index in [0.29, 0.717) is 5.92 Å². The first-order chi connectivity index (χ1) is 9.56. The van der Waals surface area contributed by atoms with Gasteiger partial charge in [0.15, 0.2) is 0 Å². The summed E-state index contributed by atoms with van der Waals surface area (Å²) < 4.78 is 1.85. The van der Waals surface area contributed by atoms with Gasteiger partial charge in [-0.15, -0.1) is 23.7 Å². The number of hydrogen-bond donors (Lipinski definition) is 2. The van der Waals surface area contributed by atoms with Gasteiger partial charge in [-0.2, -0.15) is 5.10 Å². The molecule has 3 rings (SSSR count). The van der Waals surface area contributed by atoms with Crippen LogP contribution in [0.5, 0.6) is 0 Å². The number of hydrogen-bond acceptors (Lipinski definition) is 4. The Morgan fingerprint density at radius 3 is 3.00 bits per heavy atom. The number of aromatic nitrogens is 2. The summed E-state index contributed by atoms with van der Waals surface area (Å²) in [5.41, 5.74) is 0.980. The zero-order chi connectivity index (χ0) is 14.3. The molecule has 2 aromatic heterocycles. The summed E-state index contributed by atoms with van der Waals surface area (Å²) in [6.45, 7) is 6.10. The maximum absolute atomic E-state index is 12.4. The molecule has 1 amide bonds. The highest BCUT2D eigenvalue weighted by molar-refractivity contribution is 7.20. The lowest BCUT2D eigenvalue weighted by molar-refractivity contribution is 0.0918. The summed E-state index contributed by atoms with van der Waals surface area (Å²) in [6, 6.07) is 2.23. The van der Waals surface area contributed by atoms with Crippen LogP contribution < -0.4 is 10.6 Å². The topological polar surface area (TPSA) is 59.0 Å². The summed E-state index contributed by atoms with van der Waals surface area (Å²) in [5, 5.41) is 12.0. The normalized spacial score (nSPS) is 22.0. The zero-order valence-corrected chi connectivity index (χ0v) is 14.1. The fraction of sp³-hybridized carbons (Fsp3) is 0.571. The van der Waals surface area contributed by atoms with E-state index in [2.05, 4.69) is 22.7 Å². The van der Waals surface area contributed by atoms with Gasteiger partial charge in [-0.3, -0.25) is 9.48 Å². The molecule has 2 atom stereocenters. The first-order valence-corrected chi connectivity index (χ1v) is 7.82. The van der Waals surface area contributed by atoms with Crippen LogP contribution in [0.1, 0.15) is 28.7 Å². The van der Waals surface area contributed by atoms with E-state index in [1.54, 1.807) is 0 Å². The van der Waals surface area contributed by atoms with Crippen LogP contribution in [-0.4, -0.2) is 34.8 Å². The Bertz CT molecular complexity index is 616. The second-order valence-corrected chi connectivity index (χ2v) is 6.62. The minimum Gasteiger partial charge on any atom is -0.348 e. The van der Waals surface area contributed by atoms with Crippen LogP contribution in [-0.2, 0) is 7.05 Å². The highest BCUT2D eigenvalue weighted by Crippen LogP contribution is 2.27. The van der Waals surface area contributed by atoms with Gasteiger partial charge in [-0.1, -0.05) is 6.92 Å². The van der Waals surface area contributed by atoms with Crippen LogP contribution >= 0.6 is 23.7 Å². The number of carbonyl (C=O) groups excluding carboxylic acids is 1. The Labute approximate surface area is 134 Å². The van der Waals surface area contributed by atoms with Crippen molar-refractivity contribution in [3.05, 3.63) is 16.6 Å². The van der Waals surface area contributed by atoms with Crippen molar-refractivity contribution >= 4 is 39.9 Å². The number of nitrogens with zero attached hydrogens (tertiary/aromatic N) is 2. The Morgan fingerprint density at radius 2 is 2.33 bits per heavy atom. The average molecular weight is 329 g/mol. The predicted molar refractivity (Wildman–Crippen MR) is 88.5 cm³/mol. The molecule has 0 bridgehead atoms. The molecule has 5 nitrogen and oxygen atoms in total. The lowest BCUT2D eigenvalue weighted by Gasteiger charge is -2.30. The lowest BCUT2D eigenvalue weighted by atomic mass is 9.95. The third kappa shape index (κ3) is 3.07. The van der Waals surface area contributed by atoms with Gasteiger partial charge in [-0.25, -0.2) is 0 Å². The largest absolute Gasteiger partial charge is 0.348 e. The van der Waals surface area contributed by atoms with Crippen molar-refractivity contribution in [3.8, 4) is 0 Å². The van der Waals surface area contributed by atoms with E-state index < -0.39 is 0 Å². The first-order valence-electron chi connectivity index (χ1n) is 7.01. The molecule has 0 saturated carbocycles. The minimum absolute atomic E-state index is 0. The molecule has 1 aliphatic rings. The number of carbonyl (C=O) groups is 1. The molecule has 1 fully saturated rings. The Kier molecular flexibility index (Phi) is 4.91. The van der Waals surface area contributed by atoms with Gasteiger partial charge in [0.25, 0.3) is 5.91 Å². The first kappa shape index (κ1) is 16.3. The van der Waals surface area contributed by atoms with Crippen LogP contribution in [0.3, 0.4) is 0 Å². The lowest BCUT2D eigenvalue weighted by Crippen LogP contribution is -2.48. The Morgan fingerprint density at radius 1 is 1.57 bits per heavy atom. The third-order valence-corrected chi connectivity index (χ3v) is 5.22. The van der Waals surface area contributed by atoms with Gasteiger partial charge >= 0.3 is 0 Å². The molecule has 2 aromatic rings. The van der Waals surface area contributed by atoms with Crippen LogP contribution in [0, 0.1) is 12.8 Å². The van der Waals surface area contributed by atoms with E-state index >= 15 is 0 Å². The standard InChI is InChI=1S/C14H20N4OS.ClH/c1-8-7-15-5-4-11(8)16-13(19)12-6-10-9(2)17-18(3)14(10)20-12;/h6,8,11,15H,4-5,7H2,1-3H3,(H,16,19);1H. The van der Waals surface area contributed by atoms with Crippen LogP contribution in [0.15, 0.2) is 6.07 Å². The summed E-state index contributed by atoms with van der Waals surface area (Å²) in [6.07, 6.45) is 0.998. The van der Waals surface area contributed by atoms with Crippen molar-refractivity contribution in [3.63, 3.8) is 0 Å². The van der Waals surface area contributed by atoms with Gasteiger partial charge in [0.05, 0.1) is 10.6 Å². The smallest absolute Gasteiger partial charge is 0.261 e. The van der Waals surface area contributed by atoms with Crippen molar-refractivity contribution < 1.29 is 4.79 Å². The molecular formula is C14H21ClN4OS. The molecule has 0 radical (unpaired) electrons. The van der Waals surface area contributed by atoms with Crippen molar-refractivity contribution in [2.45, 2.75) is 26.3 Å². The molecule has 1 saturated heterocycles.